The van der Waals surface area contributed by atoms with Crippen molar-refractivity contribution >= 4 is 0 Å². The Bertz CT molecular complexity index is 413. The van der Waals surface area contributed by atoms with Crippen LogP contribution in [0.5, 0.6) is 0 Å². The fourth-order valence-electron chi connectivity index (χ4n) is 4.30. The van der Waals surface area contributed by atoms with Crippen LogP contribution >= 0.6 is 0 Å². The predicted molar refractivity (Wildman–Crippen MR) is 85.9 cm³/mol. The Balaban J connectivity index is 1.70. The van der Waals surface area contributed by atoms with E-state index >= 15 is 0 Å². The molecule has 1 aromatic carbocycles. The third-order valence-electron chi connectivity index (χ3n) is 5.89. The second-order valence-corrected chi connectivity index (χ2v) is 7.10. The van der Waals surface area contributed by atoms with E-state index in [1.54, 1.807) is 5.56 Å². The first-order valence-electron chi connectivity index (χ1n) is 8.56. The lowest BCUT2D eigenvalue weighted by Crippen LogP contribution is -2.45. The molecule has 0 radical (unpaired) electrons. The van der Waals surface area contributed by atoms with Crippen LogP contribution < -0.4 is 5.32 Å². The van der Waals surface area contributed by atoms with Crippen LogP contribution in [0.3, 0.4) is 0 Å². The molecule has 0 bridgehead atoms. The molecule has 0 aliphatic heterocycles. The number of hydrogen-bond donors (Lipinski definition) is 1. The molecule has 0 spiro atoms. The van der Waals surface area contributed by atoms with Gasteiger partial charge in [0.05, 0.1) is 0 Å². The normalized spacial score (nSPS) is 38.0. The van der Waals surface area contributed by atoms with Gasteiger partial charge in [-0.3, -0.25) is 0 Å². The van der Waals surface area contributed by atoms with Crippen LogP contribution in [0.2, 0.25) is 0 Å². The van der Waals surface area contributed by atoms with Crippen LogP contribution in [0, 0.1) is 11.8 Å². The van der Waals surface area contributed by atoms with E-state index in [0.29, 0.717) is 6.04 Å². The van der Waals surface area contributed by atoms with Crippen molar-refractivity contribution < 1.29 is 0 Å². The van der Waals surface area contributed by atoms with Gasteiger partial charge in [-0.1, -0.05) is 57.0 Å². The zero-order chi connectivity index (χ0) is 13.9. The van der Waals surface area contributed by atoms with Gasteiger partial charge in [0, 0.05) is 12.1 Å². The van der Waals surface area contributed by atoms with Crippen LogP contribution in [0.4, 0.5) is 0 Å². The molecule has 2 fully saturated rings. The predicted octanol–water partition coefficient (Wildman–Crippen LogP) is 4.74. The summed E-state index contributed by atoms with van der Waals surface area (Å²) in [7, 11) is 0. The molecule has 0 saturated heterocycles. The summed E-state index contributed by atoms with van der Waals surface area (Å²) < 4.78 is 0. The summed E-state index contributed by atoms with van der Waals surface area (Å²) in [5.74, 6) is 2.47. The average Bonchev–Trinajstić information content (AvgIpc) is 2.81. The molecule has 110 valence electrons. The van der Waals surface area contributed by atoms with E-state index in [0.717, 1.165) is 23.8 Å². The minimum Gasteiger partial charge on any atom is -0.310 e. The van der Waals surface area contributed by atoms with Crippen molar-refractivity contribution in [3.63, 3.8) is 0 Å². The van der Waals surface area contributed by atoms with Gasteiger partial charge in [0.2, 0.25) is 0 Å². The van der Waals surface area contributed by atoms with Crippen LogP contribution in [0.25, 0.3) is 0 Å². The van der Waals surface area contributed by atoms with Crippen LogP contribution in [0.15, 0.2) is 30.3 Å². The van der Waals surface area contributed by atoms with Gasteiger partial charge in [0.1, 0.15) is 0 Å². The Morgan fingerprint density at radius 3 is 2.30 bits per heavy atom. The third-order valence-corrected chi connectivity index (χ3v) is 5.89. The van der Waals surface area contributed by atoms with E-state index in [-0.39, 0.29) is 0 Å². The first-order valence-corrected chi connectivity index (χ1v) is 8.56. The van der Waals surface area contributed by atoms with Crippen molar-refractivity contribution in [2.24, 2.45) is 11.8 Å². The summed E-state index contributed by atoms with van der Waals surface area (Å²) >= 11 is 0. The van der Waals surface area contributed by atoms with Crippen molar-refractivity contribution in [3.05, 3.63) is 35.9 Å². The van der Waals surface area contributed by atoms with Gasteiger partial charge in [-0.15, -0.1) is 0 Å². The minimum absolute atomic E-state index is 0.698. The van der Waals surface area contributed by atoms with E-state index in [9.17, 15) is 0 Å². The molecule has 5 atom stereocenters. The standard InChI is InChI=1S/C19H29N/c1-14-12-13-18(15(14)2)20-19-11-7-6-10-17(19)16-8-4-3-5-9-16/h3-5,8-9,14-15,17-20H,6-7,10-13H2,1-2H3. The van der Waals surface area contributed by atoms with Gasteiger partial charge >= 0.3 is 0 Å². The Morgan fingerprint density at radius 2 is 1.60 bits per heavy atom. The highest BCUT2D eigenvalue weighted by Gasteiger charge is 2.34. The Kier molecular flexibility index (Phi) is 4.45. The van der Waals surface area contributed by atoms with Gasteiger partial charge in [0.25, 0.3) is 0 Å². The summed E-state index contributed by atoms with van der Waals surface area (Å²) in [6.45, 7) is 4.86. The number of nitrogens with one attached hydrogen (secondary N) is 1. The number of hydrogen-bond acceptors (Lipinski definition) is 1. The SMILES string of the molecule is CC1CCC(NC2CCCCC2c2ccccc2)C1C. The lowest BCUT2D eigenvalue weighted by molar-refractivity contribution is 0.267. The highest BCUT2D eigenvalue weighted by molar-refractivity contribution is 5.22. The molecule has 0 amide bonds. The molecular weight excluding hydrogens is 242 g/mol. The molecule has 3 rings (SSSR count). The zero-order valence-corrected chi connectivity index (χ0v) is 13.0. The molecule has 20 heavy (non-hydrogen) atoms. The average molecular weight is 271 g/mol. The van der Waals surface area contributed by atoms with Gasteiger partial charge in [-0.2, -0.15) is 0 Å². The molecule has 1 heteroatoms. The molecule has 2 saturated carbocycles. The third kappa shape index (κ3) is 2.93. The van der Waals surface area contributed by atoms with Crippen LogP contribution in [-0.2, 0) is 0 Å². The van der Waals surface area contributed by atoms with Crippen molar-refractivity contribution in [2.75, 3.05) is 0 Å². The van der Waals surface area contributed by atoms with Crippen LogP contribution in [0.1, 0.15) is 63.9 Å². The van der Waals surface area contributed by atoms with Gasteiger partial charge in [0.15, 0.2) is 0 Å². The van der Waals surface area contributed by atoms with E-state index in [2.05, 4.69) is 49.5 Å². The molecule has 1 aromatic rings. The van der Waals surface area contributed by atoms with E-state index < -0.39 is 0 Å². The molecule has 5 unspecified atom stereocenters. The van der Waals surface area contributed by atoms with Crippen molar-refractivity contribution in [1.82, 2.24) is 5.32 Å². The van der Waals surface area contributed by atoms with Gasteiger partial charge < -0.3 is 5.32 Å². The van der Waals surface area contributed by atoms with Crippen LogP contribution in [-0.4, -0.2) is 12.1 Å². The second kappa shape index (κ2) is 6.30. The van der Waals surface area contributed by atoms with E-state index in [1.807, 2.05) is 0 Å². The number of rotatable bonds is 3. The largest absolute Gasteiger partial charge is 0.310 e. The lowest BCUT2D eigenvalue weighted by atomic mass is 9.79. The summed E-state index contributed by atoms with van der Waals surface area (Å²) in [6, 6.07) is 12.6. The molecular formula is C19H29N. The Morgan fingerprint density at radius 1 is 0.850 bits per heavy atom. The van der Waals surface area contributed by atoms with Crippen molar-refractivity contribution in [2.45, 2.75) is 70.4 Å². The van der Waals surface area contributed by atoms with E-state index in [1.165, 1.54) is 38.5 Å². The summed E-state index contributed by atoms with van der Waals surface area (Å²) in [5, 5.41) is 4.05. The maximum Gasteiger partial charge on any atom is 0.0138 e. The molecule has 2 aliphatic rings. The maximum atomic E-state index is 4.05. The summed E-state index contributed by atoms with van der Waals surface area (Å²) in [6.07, 6.45) is 8.30. The quantitative estimate of drug-likeness (QED) is 0.837. The summed E-state index contributed by atoms with van der Waals surface area (Å²) in [4.78, 5) is 0. The molecule has 0 heterocycles. The maximum absolute atomic E-state index is 4.05. The highest BCUT2D eigenvalue weighted by atomic mass is 15.0. The number of benzene rings is 1. The second-order valence-electron chi connectivity index (χ2n) is 7.10. The Labute approximate surface area is 124 Å². The zero-order valence-electron chi connectivity index (χ0n) is 13.0. The minimum atomic E-state index is 0.698. The highest BCUT2D eigenvalue weighted by Crippen LogP contribution is 2.36. The van der Waals surface area contributed by atoms with E-state index in [4.69, 9.17) is 0 Å². The molecule has 1 N–H and O–H groups in total. The monoisotopic (exact) mass is 271 g/mol. The smallest absolute Gasteiger partial charge is 0.0138 e. The summed E-state index contributed by atoms with van der Waals surface area (Å²) in [5.41, 5.74) is 1.54. The van der Waals surface area contributed by atoms with Crippen molar-refractivity contribution in [3.8, 4) is 0 Å². The Hall–Kier alpha value is -0.820. The fraction of sp³-hybridized carbons (Fsp3) is 0.684. The van der Waals surface area contributed by atoms with Gasteiger partial charge in [-0.05, 0) is 49.0 Å². The lowest BCUT2D eigenvalue weighted by Gasteiger charge is -2.36. The molecule has 0 aromatic heterocycles. The van der Waals surface area contributed by atoms with Gasteiger partial charge in [-0.25, -0.2) is 0 Å². The topological polar surface area (TPSA) is 12.0 Å². The molecule has 1 nitrogen and oxygen atoms in total. The van der Waals surface area contributed by atoms with Crippen molar-refractivity contribution in [1.29, 1.82) is 0 Å². The first kappa shape index (κ1) is 14.1. The molecule has 2 aliphatic carbocycles. The fourth-order valence-corrected chi connectivity index (χ4v) is 4.30. The first-order chi connectivity index (χ1) is 9.75.